The number of thioether (sulfide) groups is 1. The summed E-state index contributed by atoms with van der Waals surface area (Å²) >= 11 is 7.23. The van der Waals surface area contributed by atoms with E-state index in [0.717, 1.165) is 36.7 Å². The van der Waals surface area contributed by atoms with Crippen molar-refractivity contribution in [1.29, 1.82) is 0 Å². The molecular formula is C17H21ClN4O2S. The van der Waals surface area contributed by atoms with Crippen LogP contribution in [0.25, 0.3) is 11.0 Å². The molecule has 3 amide bonds. The molecule has 1 aliphatic carbocycles. The minimum atomic E-state index is -0.451. The molecule has 1 aliphatic rings. The molecule has 3 rings (SSSR count). The lowest BCUT2D eigenvalue weighted by atomic mass is 9.96. The van der Waals surface area contributed by atoms with Gasteiger partial charge in [0.1, 0.15) is 0 Å². The van der Waals surface area contributed by atoms with Crippen molar-refractivity contribution in [3.63, 3.8) is 0 Å². The van der Waals surface area contributed by atoms with Crippen LogP contribution in [-0.4, -0.2) is 33.2 Å². The molecule has 134 valence electrons. The van der Waals surface area contributed by atoms with Crippen LogP contribution in [0.1, 0.15) is 39.0 Å². The number of nitrogens with zero attached hydrogens (tertiary/aromatic N) is 1. The predicted molar refractivity (Wildman–Crippen MR) is 100.0 cm³/mol. The highest BCUT2D eigenvalue weighted by molar-refractivity contribution is 8.00. The summed E-state index contributed by atoms with van der Waals surface area (Å²) in [5.41, 5.74) is 1.60. The number of fused-ring (bicyclic) bond motifs is 1. The molecule has 1 atom stereocenters. The van der Waals surface area contributed by atoms with Crippen LogP contribution in [0.2, 0.25) is 5.02 Å². The molecule has 25 heavy (non-hydrogen) atoms. The van der Waals surface area contributed by atoms with Crippen molar-refractivity contribution in [3.8, 4) is 0 Å². The number of rotatable bonds is 4. The molecule has 1 saturated carbocycles. The minimum Gasteiger partial charge on any atom is -0.335 e. The second-order valence-electron chi connectivity index (χ2n) is 6.26. The van der Waals surface area contributed by atoms with Crippen LogP contribution in [0.5, 0.6) is 0 Å². The molecule has 8 heteroatoms. The van der Waals surface area contributed by atoms with Gasteiger partial charge in [-0.1, -0.05) is 42.6 Å². The van der Waals surface area contributed by atoms with Gasteiger partial charge in [0.15, 0.2) is 5.16 Å². The zero-order valence-electron chi connectivity index (χ0n) is 14.0. The van der Waals surface area contributed by atoms with Gasteiger partial charge < -0.3 is 10.3 Å². The molecule has 0 aliphatic heterocycles. The molecule has 6 nitrogen and oxygen atoms in total. The summed E-state index contributed by atoms with van der Waals surface area (Å²) in [5.74, 6) is -0.336. The number of nitrogens with one attached hydrogen (secondary N) is 3. The third-order valence-electron chi connectivity index (χ3n) is 4.26. The van der Waals surface area contributed by atoms with Crippen molar-refractivity contribution in [3.05, 3.63) is 23.2 Å². The maximum atomic E-state index is 12.2. The smallest absolute Gasteiger partial charge is 0.321 e. The highest BCUT2D eigenvalue weighted by Gasteiger charge is 2.21. The third kappa shape index (κ3) is 4.89. The Morgan fingerprint density at radius 3 is 2.84 bits per heavy atom. The summed E-state index contributed by atoms with van der Waals surface area (Å²) in [5, 5.41) is 6.09. The fraction of sp³-hybridized carbons (Fsp3) is 0.471. The number of halogens is 1. The van der Waals surface area contributed by atoms with E-state index in [2.05, 4.69) is 20.6 Å². The summed E-state index contributed by atoms with van der Waals surface area (Å²) in [7, 11) is 0. The van der Waals surface area contributed by atoms with Crippen LogP contribution in [-0.2, 0) is 4.79 Å². The van der Waals surface area contributed by atoms with Gasteiger partial charge >= 0.3 is 6.03 Å². The van der Waals surface area contributed by atoms with E-state index in [1.807, 2.05) is 6.07 Å². The molecule has 0 saturated heterocycles. The fourth-order valence-electron chi connectivity index (χ4n) is 2.92. The molecule has 3 N–H and O–H groups in total. The Hall–Kier alpha value is -1.73. The number of H-pyrrole nitrogens is 1. The summed E-state index contributed by atoms with van der Waals surface area (Å²) in [6.07, 6.45) is 5.43. The molecule has 1 heterocycles. The number of aromatic nitrogens is 2. The lowest BCUT2D eigenvalue weighted by Crippen LogP contribution is -2.47. The first-order chi connectivity index (χ1) is 12.0. The zero-order valence-corrected chi connectivity index (χ0v) is 15.5. The predicted octanol–water partition coefficient (Wildman–Crippen LogP) is 3.86. The van der Waals surface area contributed by atoms with Crippen molar-refractivity contribution < 1.29 is 9.59 Å². The Bertz CT molecular complexity index is 773. The van der Waals surface area contributed by atoms with Gasteiger partial charge in [-0.25, -0.2) is 9.78 Å². The third-order valence-corrected chi connectivity index (χ3v) is 5.48. The summed E-state index contributed by atoms with van der Waals surface area (Å²) in [6.45, 7) is 1.74. The lowest BCUT2D eigenvalue weighted by molar-refractivity contribution is -0.119. The number of carbonyl (C=O) groups excluding carboxylic acids is 2. The van der Waals surface area contributed by atoms with Crippen LogP contribution in [0.4, 0.5) is 4.79 Å². The van der Waals surface area contributed by atoms with Crippen LogP contribution in [0.15, 0.2) is 23.4 Å². The first-order valence-electron chi connectivity index (χ1n) is 8.44. The van der Waals surface area contributed by atoms with Gasteiger partial charge in [0.2, 0.25) is 5.91 Å². The van der Waals surface area contributed by atoms with Crippen LogP contribution >= 0.6 is 23.4 Å². The number of benzene rings is 1. The maximum Gasteiger partial charge on any atom is 0.321 e. The average Bonchev–Trinajstić information content (AvgIpc) is 2.96. The second kappa shape index (κ2) is 8.10. The second-order valence-corrected chi connectivity index (χ2v) is 8.03. The molecule has 1 fully saturated rings. The summed E-state index contributed by atoms with van der Waals surface area (Å²) < 4.78 is 0. The Morgan fingerprint density at radius 2 is 2.08 bits per heavy atom. The summed E-state index contributed by atoms with van der Waals surface area (Å²) in [4.78, 5) is 31.7. The first kappa shape index (κ1) is 18.1. The van der Waals surface area contributed by atoms with E-state index in [-0.39, 0.29) is 11.9 Å². The van der Waals surface area contributed by atoms with E-state index in [0.29, 0.717) is 10.2 Å². The molecule has 0 spiro atoms. The first-order valence-corrected chi connectivity index (χ1v) is 9.70. The SMILES string of the molecule is CC(Sc1nc2ccc(Cl)cc2[nH]1)C(=O)NC(=O)NC1CCCCC1. The standard InChI is InChI=1S/C17H21ClN4O2S/c1-10(15(23)22-16(24)19-12-5-3-2-4-6-12)25-17-20-13-8-7-11(18)9-14(13)21-17/h7-10,12H,2-6H2,1H3,(H,20,21)(H2,19,22,23,24). The van der Waals surface area contributed by atoms with E-state index in [9.17, 15) is 9.59 Å². The van der Waals surface area contributed by atoms with Gasteiger partial charge in [-0.3, -0.25) is 10.1 Å². The highest BCUT2D eigenvalue weighted by Crippen LogP contribution is 2.25. The topological polar surface area (TPSA) is 86.9 Å². The van der Waals surface area contributed by atoms with Crippen molar-refractivity contribution in [2.75, 3.05) is 0 Å². The minimum absolute atomic E-state index is 0.171. The number of imidazole rings is 1. The van der Waals surface area contributed by atoms with Crippen LogP contribution in [0.3, 0.4) is 0 Å². The molecule has 2 aromatic rings. The largest absolute Gasteiger partial charge is 0.335 e. The number of hydrogen-bond acceptors (Lipinski definition) is 4. The van der Waals surface area contributed by atoms with Crippen molar-refractivity contribution in [2.24, 2.45) is 0 Å². The van der Waals surface area contributed by atoms with Gasteiger partial charge in [0, 0.05) is 11.1 Å². The monoisotopic (exact) mass is 380 g/mol. The van der Waals surface area contributed by atoms with E-state index < -0.39 is 11.3 Å². The van der Waals surface area contributed by atoms with Crippen molar-refractivity contribution >= 4 is 46.3 Å². The van der Waals surface area contributed by atoms with Gasteiger partial charge in [0.25, 0.3) is 0 Å². The highest BCUT2D eigenvalue weighted by atomic mass is 35.5. The van der Waals surface area contributed by atoms with E-state index in [1.165, 1.54) is 18.2 Å². The number of carbonyl (C=O) groups is 2. The Labute approximate surface area is 155 Å². The Balaban J connectivity index is 1.53. The molecule has 0 bridgehead atoms. The van der Waals surface area contributed by atoms with E-state index >= 15 is 0 Å². The average molecular weight is 381 g/mol. The molecular weight excluding hydrogens is 360 g/mol. The van der Waals surface area contributed by atoms with Gasteiger partial charge in [-0.05, 0) is 38.0 Å². The molecule has 1 unspecified atom stereocenters. The van der Waals surface area contributed by atoms with Crippen LogP contribution < -0.4 is 10.6 Å². The van der Waals surface area contributed by atoms with Gasteiger partial charge in [-0.15, -0.1) is 0 Å². The van der Waals surface area contributed by atoms with Gasteiger partial charge in [-0.2, -0.15) is 0 Å². The van der Waals surface area contributed by atoms with Gasteiger partial charge in [0.05, 0.1) is 16.3 Å². The van der Waals surface area contributed by atoms with E-state index in [4.69, 9.17) is 11.6 Å². The number of hydrogen-bond donors (Lipinski definition) is 3. The number of amides is 3. The number of imide groups is 1. The zero-order chi connectivity index (χ0) is 17.8. The molecule has 1 aromatic carbocycles. The Morgan fingerprint density at radius 1 is 1.32 bits per heavy atom. The fourth-order valence-corrected chi connectivity index (χ4v) is 3.91. The van der Waals surface area contributed by atoms with Crippen LogP contribution in [0, 0.1) is 0 Å². The normalized spacial score (nSPS) is 16.6. The maximum absolute atomic E-state index is 12.2. The number of urea groups is 1. The number of aromatic amines is 1. The summed E-state index contributed by atoms with van der Waals surface area (Å²) in [6, 6.07) is 5.13. The van der Waals surface area contributed by atoms with Crippen molar-refractivity contribution in [1.82, 2.24) is 20.6 Å². The van der Waals surface area contributed by atoms with E-state index in [1.54, 1.807) is 19.1 Å². The quantitative estimate of drug-likeness (QED) is 0.703. The van der Waals surface area contributed by atoms with Crippen molar-refractivity contribution in [2.45, 2.75) is 55.5 Å². The lowest BCUT2D eigenvalue weighted by Gasteiger charge is -2.22. The molecule has 1 aromatic heterocycles. The molecule has 0 radical (unpaired) electrons. The Kier molecular flexibility index (Phi) is 5.86.